The Labute approximate surface area is 317 Å². The van der Waals surface area contributed by atoms with Crippen LogP contribution in [0.4, 0.5) is 0 Å². The summed E-state index contributed by atoms with van der Waals surface area (Å²) in [6.45, 7) is 4.69. The van der Waals surface area contributed by atoms with Crippen molar-refractivity contribution in [1.82, 2.24) is 19.1 Å². The number of aromatic nitrogens is 4. The lowest BCUT2D eigenvalue weighted by atomic mass is 9.79. The van der Waals surface area contributed by atoms with Gasteiger partial charge < -0.3 is 4.57 Å². The largest absolute Gasteiger partial charge is 0.309 e. The molecule has 3 aromatic heterocycles. The van der Waals surface area contributed by atoms with Gasteiger partial charge in [0.1, 0.15) is 5.69 Å². The summed E-state index contributed by atoms with van der Waals surface area (Å²) in [5, 5.41) is 7.32. The van der Waals surface area contributed by atoms with Crippen LogP contribution in [0.3, 0.4) is 0 Å². The fourth-order valence-electron chi connectivity index (χ4n) is 9.72. The molecule has 1 aliphatic rings. The average Bonchev–Trinajstić information content (AvgIpc) is 3.83. The van der Waals surface area contributed by atoms with Crippen molar-refractivity contribution in [3.8, 4) is 33.9 Å². The summed E-state index contributed by atoms with van der Waals surface area (Å²) in [7, 11) is 0. The van der Waals surface area contributed by atoms with Crippen molar-refractivity contribution >= 4 is 65.4 Å². The summed E-state index contributed by atoms with van der Waals surface area (Å²) in [5.41, 5.74) is 14.4. The lowest BCUT2D eigenvalue weighted by Gasteiger charge is -2.25. The SMILES string of the molecule is CC1(C)c2ccccc2-c2cccc(-c3nc4ccccc4nc3-n3c4ccc(-n5c6ccccc6c6ccccc65)cc4c4c5ccccc5ccc43)c21. The van der Waals surface area contributed by atoms with E-state index in [1.807, 2.05) is 0 Å². The van der Waals surface area contributed by atoms with Gasteiger partial charge in [0.2, 0.25) is 0 Å². The van der Waals surface area contributed by atoms with Crippen LogP contribution in [0.15, 0.2) is 170 Å². The first-order valence-corrected chi connectivity index (χ1v) is 19.0. The first-order valence-electron chi connectivity index (χ1n) is 19.0. The molecule has 0 aliphatic heterocycles. The van der Waals surface area contributed by atoms with Gasteiger partial charge in [-0.05, 0) is 81.6 Å². The first kappa shape index (κ1) is 30.4. The number of fused-ring (bicyclic) bond motifs is 12. The first-order chi connectivity index (χ1) is 27.1. The van der Waals surface area contributed by atoms with E-state index in [1.54, 1.807) is 0 Å². The molecule has 0 saturated heterocycles. The molecule has 0 spiro atoms. The number of hydrogen-bond acceptors (Lipinski definition) is 2. The van der Waals surface area contributed by atoms with E-state index in [1.165, 1.54) is 65.6 Å². The van der Waals surface area contributed by atoms with Gasteiger partial charge in [0.05, 0.1) is 33.1 Å². The van der Waals surface area contributed by atoms with Gasteiger partial charge >= 0.3 is 0 Å². The third-order valence-corrected chi connectivity index (χ3v) is 12.1. The summed E-state index contributed by atoms with van der Waals surface area (Å²) in [6, 6.07) is 61.4. The molecule has 11 aromatic rings. The van der Waals surface area contributed by atoms with Crippen molar-refractivity contribution < 1.29 is 0 Å². The van der Waals surface area contributed by atoms with Crippen LogP contribution in [0.25, 0.3) is 99.3 Å². The molecule has 3 heterocycles. The van der Waals surface area contributed by atoms with Crippen LogP contribution < -0.4 is 0 Å². The third kappa shape index (κ3) is 4.11. The second kappa shape index (κ2) is 11.0. The number of nitrogens with zero attached hydrogens (tertiary/aromatic N) is 4. The topological polar surface area (TPSA) is 35.6 Å². The average molecular weight is 703 g/mol. The second-order valence-corrected chi connectivity index (χ2v) is 15.4. The summed E-state index contributed by atoms with van der Waals surface area (Å²) in [4.78, 5) is 11.1. The molecule has 8 aromatic carbocycles. The molecule has 0 bridgehead atoms. The fourth-order valence-corrected chi connectivity index (χ4v) is 9.72. The Kier molecular flexibility index (Phi) is 6.09. The van der Waals surface area contributed by atoms with Crippen molar-refractivity contribution in [2.24, 2.45) is 0 Å². The lowest BCUT2D eigenvalue weighted by Crippen LogP contribution is -2.17. The Bertz CT molecular complexity index is 3360. The van der Waals surface area contributed by atoms with Crippen LogP contribution in [0.1, 0.15) is 25.0 Å². The van der Waals surface area contributed by atoms with Gasteiger partial charge in [-0.1, -0.05) is 135 Å². The van der Waals surface area contributed by atoms with Crippen LogP contribution >= 0.6 is 0 Å². The van der Waals surface area contributed by atoms with Crippen LogP contribution in [0.2, 0.25) is 0 Å². The highest BCUT2D eigenvalue weighted by Gasteiger charge is 2.38. The summed E-state index contributed by atoms with van der Waals surface area (Å²) in [5.74, 6) is 0.832. The molecule has 0 fully saturated rings. The maximum atomic E-state index is 5.55. The van der Waals surface area contributed by atoms with E-state index in [2.05, 4.69) is 193 Å². The molecule has 258 valence electrons. The minimum atomic E-state index is -0.221. The van der Waals surface area contributed by atoms with Crippen molar-refractivity contribution in [1.29, 1.82) is 0 Å². The predicted octanol–water partition coefficient (Wildman–Crippen LogP) is 13.0. The zero-order valence-corrected chi connectivity index (χ0v) is 30.5. The summed E-state index contributed by atoms with van der Waals surface area (Å²) < 4.78 is 4.78. The van der Waals surface area contributed by atoms with Gasteiger partial charge in [-0.2, -0.15) is 0 Å². The van der Waals surface area contributed by atoms with Gasteiger partial charge in [0.25, 0.3) is 0 Å². The molecular weight excluding hydrogens is 669 g/mol. The van der Waals surface area contributed by atoms with Crippen molar-refractivity contribution in [2.45, 2.75) is 19.3 Å². The Balaban J connectivity index is 1.21. The Morgan fingerprint density at radius 1 is 0.436 bits per heavy atom. The van der Waals surface area contributed by atoms with Gasteiger partial charge in [-0.3, -0.25) is 4.57 Å². The molecule has 0 saturated carbocycles. The molecular formula is C51H34N4. The number of benzene rings is 8. The standard InChI is InChI=1S/C51H34N4/c1-51(2)40-21-8-5-16-34(40)37-19-13-20-38(48(37)51)49-50(53-42-23-10-9-22-41(42)52-49)55-45-29-27-32(30-39(45)47-33-15-4-3-14-31(33)26-28-46(47)55)54-43-24-11-6-17-35(43)36-18-7-12-25-44(36)54/h3-30H,1-2H3. The van der Waals surface area contributed by atoms with E-state index >= 15 is 0 Å². The van der Waals surface area contributed by atoms with E-state index < -0.39 is 0 Å². The Morgan fingerprint density at radius 3 is 1.84 bits per heavy atom. The molecule has 55 heavy (non-hydrogen) atoms. The van der Waals surface area contributed by atoms with Gasteiger partial charge in [-0.15, -0.1) is 0 Å². The molecule has 4 nitrogen and oxygen atoms in total. The van der Waals surface area contributed by atoms with Crippen LogP contribution in [0.5, 0.6) is 0 Å². The molecule has 1 aliphatic carbocycles. The van der Waals surface area contributed by atoms with Crippen molar-refractivity contribution in [2.75, 3.05) is 0 Å². The number of hydrogen-bond donors (Lipinski definition) is 0. The zero-order chi connectivity index (χ0) is 36.4. The number of rotatable bonds is 3. The maximum Gasteiger partial charge on any atom is 0.165 e. The molecule has 0 atom stereocenters. The fraction of sp³-hybridized carbons (Fsp3) is 0.0588. The predicted molar refractivity (Wildman–Crippen MR) is 229 cm³/mol. The van der Waals surface area contributed by atoms with E-state index in [0.717, 1.165) is 44.8 Å². The second-order valence-electron chi connectivity index (χ2n) is 15.4. The Morgan fingerprint density at radius 2 is 1.04 bits per heavy atom. The van der Waals surface area contributed by atoms with Gasteiger partial charge in [-0.25, -0.2) is 9.97 Å². The van der Waals surface area contributed by atoms with E-state index in [-0.39, 0.29) is 5.41 Å². The Hall–Kier alpha value is -7.04. The summed E-state index contributed by atoms with van der Waals surface area (Å²) in [6.07, 6.45) is 0. The maximum absolute atomic E-state index is 5.55. The highest BCUT2D eigenvalue weighted by molar-refractivity contribution is 6.22. The monoisotopic (exact) mass is 702 g/mol. The van der Waals surface area contributed by atoms with Crippen LogP contribution in [-0.4, -0.2) is 19.1 Å². The summed E-state index contributed by atoms with van der Waals surface area (Å²) >= 11 is 0. The smallest absolute Gasteiger partial charge is 0.165 e. The third-order valence-electron chi connectivity index (χ3n) is 12.1. The van der Waals surface area contributed by atoms with Crippen molar-refractivity contribution in [3.05, 3.63) is 181 Å². The quantitative estimate of drug-likeness (QED) is 0.184. The lowest BCUT2D eigenvalue weighted by molar-refractivity contribution is 0.661. The zero-order valence-electron chi connectivity index (χ0n) is 30.5. The van der Waals surface area contributed by atoms with Gasteiger partial charge in [0.15, 0.2) is 5.82 Å². The van der Waals surface area contributed by atoms with Crippen molar-refractivity contribution in [3.63, 3.8) is 0 Å². The van der Waals surface area contributed by atoms with Crippen LogP contribution in [0, 0.1) is 0 Å². The van der Waals surface area contributed by atoms with E-state index in [4.69, 9.17) is 9.97 Å². The van der Waals surface area contributed by atoms with Crippen LogP contribution in [-0.2, 0) is 5.41 Å². The number of para-hydroxylation sites is 4. The minimum absolute atomic E-state index is 0.221. The highest BCUT2D eigenvalue weighted by atomic mass is 15.1. The van der Waals surface area contributed by atoms with E-state index in [0.29, 0.717) is 0 Å². The molecule has 0 radical (unpaired) electrons. The highest BCUT2D eigenvalue weighted by Crippen LogP contribution is 2.53. The molecule has 0 N–H and O–H groups in total. The molecule has 4 heteroatoms. The molecule has 0 unspecified atom stereocenters. The minimum Gasteiger partial charge on any atom is -0.309 e. The normalized spacial score (nSPS) is 13.4. The van der Waals surface area contributed by atoms with Gasteiger partial charge in [0, 0.05) is 38.2 Å². The molecule has 12 rings (SSSR count). The van der Waals surface area contributed by atoms with E-state index in [9.17, 15) is 0 Å². The molecule has 0 amide bonds.